The first-order valence-electron chi connectivity index (χ1n) is 14.5. The lowest BCUT2D eigenvalue weighted by atomic mass is 9.98. The number of amides is 3. The fraction of sp³-hybridized carbons (Fsp3) is 0.621. The number of thiophene rings is 1. The summed E-state index contributed by atoms with van der Waals surface area (Å²) in [6.07, 6.45) is 7.06. The van der Waals surface area contributed by atoms with Crippen LogP contribution in [0.2, 0.25) is 0 Å². The summed E-state index contributed by atoms with van der Waals surface area (Å²) >= 11 is 2.70. The number of primary amides is 1. The van der Waals surface area contributed by atoms with Crippen molar-refractivity contribution in [2.45, 2.75) is 82.2 Å². The molecule has 3 rings (SSSR count). The maximum Gasteiger partial charge on any atom is 0.404 e. The molecule has 0 radical (unpaired) electrons. The van der Waals surface area contributed by atoms with Gasteiger partial charge >= 0.3 is 18.0 Å². The van der Waals surface area contributed by atoms with Crippen LogP contribution in [-0.2, 0) is 44.5 Å². The van der Waals surface area contributed by atoms with E-state index >= 15 is 0 Å². The number of fused-ring (bicyclic) bond motifs is 1. The Morgan fingerprint density at radius 2 is 1.74 bits per heavy atom. The number of methoxy groups -OCH3 is 1. The first kappa shape index (κ1) is 34.4. The van der Waals surface area contributed by atoms with E-state index in [0.717, 1.165) is 49.8 Å². The van der Waals surface area contributed by atoms with Gasteiger partial charge in [0.1, 0.15) is 17.7 Å². The van der Waals surface area contributed by atoms with Crippen molar-refractivity contribution >= 4 is 52.9 Å². The van der Waals surface area contributed by atoms with Gasteiger partial charge in [-0.05, 0) is 31.2 Å². The molecule has 0 bridgehead atoms. The molecule has 3 N–H and O–H groups in total. The molecule has 2 aliphatic rings. The number of unbranched alkanes of at least 4 members (excludes halogenated alkanes) is 7. The molecule has 2 aliphatic heterocycles. The molecule has 1 aromatic rings. The Morgan fingerprint density at radius 1 is 1.05 bits per heavy atom. The minimum atomic E-state index is -1.64. The number of hydrogen-bond acceptors (Lipinski definition) is 11. The van der Waals surface area contributed by atoms with Gasteiger partial charge in [0.05, 0.1) is 19.6 Å². The van der Waals surface area contributed by atoms with E-state index in [0.29, 0.717) is 25.0 Å². The van der Waals surface area contributed by atoms with E-state index in [1.807, 2.05) is 17.5 Å². The lowest BCUT2D eigenvalue weighted by molar-refractivity contribution is -0.193. The quantitative estimate of drug-likeness (QED) is 0.0751. The van der Waals surface area contributed by atoms with E-state index in [9.17, 15) is 24.0 Å². The molecule has 0 spiro atoms. The van der Waals surface area contributed by atoms with Gasteiger partial charge in [-0.3, -0.25) is 19.3 Å². The second kappa shape index (κ2) is 17.3. The van der Waals surface area contributed by atoms with E-state index in [1.54, 1.807) is 6.92 Å². The summed E-state index contributed by atoms with van der Waals surface area (Å²) in [4.78, 5) is 64.2. The van der Waals surface area contributed by atoms with Gasteiger partial charge in [0.15, 0.2) is 0 Å². The number of ether oxygens (including phenoxy) is 4. The summed E-state index contributed by atoms with van der Waals surface area (Å²) in [7, 11) is 1.33. The topological polar surface area (TPSA) is 164 Å². The fourth-order valence-corrected chi connectivity index (χ4v) is 7.05. The van der Waals surface area contributed by atoms with E-state index in [4.69, 9.17) is 24.7 Å². The zero-order valence-corrected chi connectivity index (χ0v) is 26.4. The number of hydrogen-bond donors (Lipinski definition) is 2. The lowest BCUT2D eigenvalue weighted by Gasteiger charge is -2.55. The highest BCUT2D eigenvalue weighted by atomic mass is 32.2. The number of carbonyl (C=O) groups excluding carboxylic acids is 5. The molecular weight excluding hydrogens is 598 g/mol. The standard InChI is InChI=1S/C29H41N3O9S2/c1-3-39-23(34)14-10-8-6-4-5-7-9-11-15-40-25(35)24-20(18-41-28(30)37)19-43-27-29(38-2,26(36)32(24)27)31-22(33)17-21-13-12-16-42-21/h12-13,16,27H,3-11,14-15,17-19H2,1-2H3,(H2,30,37)(H,31,33)/t27-,29+/m1/s1. The molecule has 3 heterocycles. The second-order valence-electron chi connectivity index (χ2n) is 10.2. The van der Waals surface area contributed by atoms with Crippen molar-refractivity contribution in [1.82, 2.24) is 10.2 Å². The zero-order valence-electron chi connectivity index (χ0n) is 24.7. The van der Waals surface area contributed by atoms with Gasteiger partial charge in [0.2, 0.25) is 5.91 Å². The molecule has 0 aromatic carbocycles. The summed E-state index contributed by atoms with van der Waals surface area (Å²) < 4.78 is 20.9. The Balaban J connectivity index is 1.49. The predicted octanol–water partition coefficient (Wildman–Crippen LogP) is 3.63. The van der Waals surface area contributed by atoms with Crippen molar-refractivity contribution in [3.8, 4) is 0 Å². The third kappa shape index (κ3) is 9.44. The first-order chi connectivity index (χ1) is 20.7. The highest BCUT2D eigenvalue weighted by molar-refractivity contribution is 8.00. The van der Waals surface area contributed by atoms with Gasteiger partial charge in [-0.1, -0.05) is 44.6 Å². The number of β-lactam (4-membered cyclic amide) rings is 1. The van der Waals surface area contributed by atoms with Crippen LogP contribution >= 0.6 is 23.1 Å². The predicted molar refractivity (Wildman–Crippen MR) is 161 cm³/mol. The van der Waals surface area contributed by atoms with Crippen LogP contribution in [0.3, 0.4) is 0 Å². The number of nitrogens with two attached hydrogens (primary N) is 1. The largest absolute Gasteiger partial charge is 0.466 e. The number of esters is 2. The summed E-state index contributed by atoms with van der Waals surface area (Å²) in [6.45, 7) is 2.11. The normalized spacial score (nSPS) is 19.3. The molecule has 12 nitrogen and oxygen atoms in total. The van der Waals surface area contributed by atoms with Crippen molar-refractivity contribution in [3.63, 3.8) is 0 Å². The van der Waals surface area contributed by atoms with E-state index in [-0.39, 0.29) is 43.0 Å². The molecule has 1 fully saturated rings. The monoisotopic (exact) mass is 639 g/mol. The van der Waals surface area contributed by atoms with Crippen LogP contribution in [0.25, 0.3) is 0 Å². The Bertz CT molecular complexity index is 1160. The number of thioether (sulfide) groups is 1. The van der Waals surface area contributed by atoms with Crippen LogP contribution in [0.5, 0.6) is 0 Å². The van der Waals surface area contributed by atoms with Crippen molar-refractivity contribution in [1.29, 1.82) is 0 Å². The van der Waals surface area contributed by atoms with Gasteiger partial charge in [-0.2, -0.15) is 0 Å². The number of rotatable bonds is 19. The molecule has 0 aliphatic carbocycles. The molecule has 2 atom stereocenters. The summed E-state index contributed by atoms with van der Waals surface area (Å²) in [5.74, 6) is -1.62. The van der Waals surface area contributed by atoms with E-state index in [2.05, 4.69) is 5.32 Å². The molecule has 0 saturated carbocycles. The Hall–Kier alpha value is -3.10. The summed E-state index contributed by atoms with van der Waals surface area (Å²) in [6, 6.07) is 3.66. The van der Waals surface area contributed by atoms with E-state index in [1.165, 1.54) is 35.1 Å². The Labute approximate surface area is 260 Å². The molecule has 3 amide bonds. The maximum atomic E-state index is 13.5. The minimum Gasteiger partial charge on any atom is -0.466 e. The van der Waals surface area contributed by atoms with Crippen LogP contribution < -0.4 is 11.1 Å². The smallest absolute Gasteiger partial charge is 0.404 e. The van der Waals surface area contributed by atoms with Gasteiger partial charge in [0.25, 0.3) is 11.6 Å². The van der Waals surface area contributed by atoms with E-state index < -0.39 is 29.1 Å². The van der Waals surface area contributed by atoms with Crippen LogP contribution in [0.15, 0.2) is 28.8 Å². The molecule has 1 aromatic heterocycles. The maximum absolute atomic E-state index is 13.5. The van der Waals surface area contributed by atoms with Crippen molar-refractivity contribution < 1.29 is 42.9 Å². The second-order valence-corrected chi connectivity index (χ2v) is 12.3. The van der Waals surface area contributed by atoms with Crippen LogP contribution in [0.4, 0.5) is 4.79 Å². The highest BCUT2D eigenvalue weighted by Gasteiger charge is 2.66. The fourth-order valence-electron chi connectivity index (χ4n) is 4.92. The molecule has 14 heteroatoms. The third-order valence-electron chi connectivity index (χ3n) is 7.07. The third-order valence-corrected chi connectivity index (χ3v) is 9.32. The lowest BCUT2D eigenvalue weighted by Crippen LogP contribution is -2.80. The van der Waals surface area contributed by atoms with Crippen LogP contribution in [0.1, 0.15) is 69.6 Å². The van der Waals surface area contributed by atoms with Gasteiger partial charge in [-0.15, -0.1) is 23.1 Å². The average molecular weight is 640 g/mol. The Morgan fingerprint density at radius 3 is 2.37 bits per heavy atom. The van der Waals surface area contributed by atoms with Gasteiger partial charge in [-0.25, -0.2) is 9.59 Å². The summed E-state index contributed by atoms with van der Waals surface area (Å²) in [5, 5.41) is 3.87. The molecule has 0 unspecified atom stereocenters. The SMILES string of the molecule is CCOC(=O)CCCCCCCCCCOC(=O)C1=C(COC(N)=O)CS[C@H]2N1C(=O)[C@]2(NC(=O)Cc1cccs1)OC. The number of nitrogens with one attached hydrogen (secondary N) is 1. The summed E-state index contributed by atoms with van der Waals surface area (Å²) in [5.41, 5.74) is 3.86. The number of nitrogens with zero attached hydrogens (tertiary/aromatic N) is 1. The van der Waals surface area contributed by atoms with Crippen LogP contribution in [-0.4, -0.2) is 78.5 Å². The average Bonchev–Trinajstić information content (AvgIpc) is 3.49. The molecule has 238 valence electrons. The zero-order chi connectivity index (χ0) is 31.2. The van der Waals surface area contributed by atoms with Gasteiger partial charge < -0.3 is 30.0 Å². The highest BCUT2D eigenvalue weighted by Crippen LogP contribution is 2.47. The van der Waals surface area contributed by atoms with Crippen molar-refractivity contribution in [2.75, 3.05) is 32.7 Å². The molecular formula is C29H41N3O9S2. The minimum absolute atomic E-state index is 0.0157. The molecule has 43 heavy (non-hydrogen) atoms. The first-order valence-corrected chi connectivity index (χ1v) is 16.5. The van der Waals surface area contributed by atoms with Gasteiger partial charge in [0, 0.05) is 29.7 Å². The van der Waals surface area contributed by atoms with Crippen LogP contribution in [0, 0.1) is 0 Å². The van der Waals surface area contributed by atoms with Crippen molar-refractivity contribution in [2.24, 2.45) is 5.73 Å². The number of carbonyl (C=O) groups is 5. The Kier molecular flexibility index (Phi) is 13.8. The molecule has 1 saturated heterocycles. The van der Waals surface area contributed by atoms with Crippen molar-refractivity contribution in [3.05, 3.63) is 33.7 Å².